The summed E-state index contributed by atoms with van der Waals surface area (Å²) >= 11 is 0. The SMILES string of the molecule is Cc1oc(CCN)nc1-c1ccc2c(c1)OCCO2. The lowest BCUT2D eigenvalue weighted by atomic mass is 10.1. The Morgan fingerprint density at radius 3 is 2.79 bits per heavy atom. The van der Waals surface area contributed by atoms with Crippen molar-refractivity contribution in [1.82, 2.24) is 4.98 Å². The lowest BCUT2D eigenvalue weighted by Crippen LogP contribution is -2.15. The molecule has 0 atom stereocenters. The topological polar surface area (TPSA) is 70.5 Å². The van der Waals surface area contributed by atoms with Gasteiger partial charge in [-0.2, -0.15) is 0 Å². The van der Waals surface area contributed by atoms with Gasteiger partial charge in [0.25, 0.3) is 0 Å². The van der Waals surface area contributed by atoms with Gasteiger partial charge in [-0.05, 0) is 25.1 Å². The van der Waals surface area contributed by atoms with Crippen LogP contribution in [0.15, 0.2) is 22.6 Å². The summed E-state index contributed by atoms with van der Waals surface area (Å²) in [6, 6.07) is 5.80. The molecule has 0 bridgehead atoms. The molecule has 0 saturated carbocycles. The second kappa shape index (κ2) is 4.93. The van der Waals surface area contributed by atoms with Gasteiger partial charge in [-0.15, -0.1) is 0 Å². The smallest absolute Gasteiger partial charge is 0.196 e. The molecule has 5 heteroatoms. The zero-order chi connectivity index (χ0) is 13.2. The molecule has 0 spiro atoms. The van der Waals surface area contributed by atoms with Crippen LogP contribution in [0.4, 0.5) is 0 Å². The van der Waals surface area contributed by atoms with Gasteiger partial charge in [-0.1, -0.05) is 0 Å². The molecule has 0 saturated heterocycles. The van der Waals surface area contributed by atoms with Crippen LogP contribution < -0.4 is 15.2 Å². The number of oxazole rings is 1. The van der Waals surface area contributed by atoms with Crippen molar-refractivity contribution < 1.29 is 13.9 Å². The summed E-state index contributed by atoms with van der Waals surface area (Å²) in [6.45, 7) is 3.60. The summed E-state index contributed by atoms with van der Waals surface area (Å²) in [6.07, 6.45) is 0.644. The number of aryl methyl sites for hydroxylation is 1. The second-order valence-electron chi connectivity index (χ2n) is 4.41. The Morgan fingerprint density at radius 2 is 2.00 bits per heavy atom. The molecule has 0 amide bonds. The minimum absolute atomic E-state index is 0.528. The average Bonchev–Trinajstić information content (AvgIpc) is 2.79. The maximum Gasteiger partial charge on any atom is 0.196 e. The van der Waals surface area contributed by atoms with Crippen LogP contribution in [-0.2, 0) is 6.42 Å². The molecule has 2 N–H and O–H groups in total. The lowest BCUT2D eigenvalue weighted by Gasteiger charge is -2.18. The normalized spacial score (nSPS) is 13.6. The minimum Gasteiger partial charge on any atom is -0.486 e. The lowest BCUT2D eigenvalue weighted by molar-refractivity contribution is 0.171. The van der Waals surface area contributed by atoms with Crippen LogP contribution in [0.1, 0.15) is 11.7 Å². The molecule has 1 aliphatic heterocycles. The van der Waals surface area contributed by atoms with E-state index in [-0.39, 0.29) is 0 Å². The van der Waals surface area contributed by atoms with Crippen LogP contribution in [0.2, 0.25) is 0 Å². The highest BCUT2D eigenvalue weighted by atomic mass is 16.6. The average molecular weight is 260 g/mol. The number of benzene rings is 1. The molecule has 5 nitrogen and oxygen atoms in total. The Hall–Kier alpha value is -2.01. The number of rotatable bonds is 3. The molecule has 2 aromatic rings. The third-order valence-electron chi connectivity index (χ3n) is 3.01. The first-order valence-corrected chi connectivity index (χ1v) is 6.34. The molecular weight excluding hydrogens is 244 g/mol. The van der Waals surface area contributed by atoms with E-state index in [0.717, 1.165) is 28.5 Å². The predicted molar refractivity (Wildman–Crippen MR) is 70.4 cm³/mol. The fourth-order valence-electron chi connectivity index (χ4n) is 2.14. The summed E-state index contributed by atoms with van der Waals surface area (Å²) in [5, 5.41) is 0. The van der Waals surface area contributed by atoms with Crippen LogP contribution in [0.5, 0.6) is 11.5 Å². The summed E-state index contributed by atoms with van der Waals surface area (Å²) < 4.78 is 16.7. The highest BCUT2D eigenvalue weighted by molar-refractivity contribution is 5.65. The molecule has 1 aliphatic rings. The predicted octanol–water partition coefficient (Wildman–Crippen LogP) is 1.92. The molecule has 0 fully saturated rings. The Kier molecular flexibility index (Phi) is 3.13. The molecule has 19 heavy (non-hydrogen) atoms. The van der Waals surface area contributed by atoms with E-state index in [1.807, 2.05) is 25.1 Å². The Labute approximate surface area is 111 Å². The van der Waals surface area contributed by atoms with Gasteiger partial charge < -0.3 is 19.6 Å². The molecule has 3 rings (SSSR count). The maximum atomic E-state index is 5.59. The number of nitrogens with two attached hydrogens (primary N) is 1. The highest BCUT2D eigenvalue weighted by Crippen LogP contribution is 2.35. The zero-order valence-corrected chi connectivity index (χ0v) is 10.8. The first-order valence-electron chi connectivity index (χ1n) is 6.34. The van der Waals surface area contributed by atoms with Crippen molar-refractivity contribution in [2.45, 2.75) is 13.3 Å². The summed E-state index contributed by atoms with van der Waals surface area (Å²) in [5.74, 6) is 3.00. The largest absolute Gasteiger partial charge is 0.486 e. The van der Waals surface area contributed by atoms with Crippen molar-refractivity contribution in [3.8, 4) is 22.8 Å². The van der Waals surface area contributed by atoms with Gasteiger partial charge in [0.05, 0.1) is 0 Å². The Balaban J connectivity index is 1.97. The molecule has 0 aliphatic carbocycles. The number of nitrogens with zero attached hydrogens (tertiary/aromatic N) is 1. The number of hydrogen-bond donors (Lipinski definition) is 1. The summed E-state index contributed by atoms with van der Waals surface area (Å²) in [5.41, 5.74) is 7.31. The molecular formula is C14H16N2O3. The van der Waals surface area contributed by atoms with Gasteiger partial charge in [0, 0.05) is 18.5 Å². The third kappa shape index (κ3) is 2.29. The van der Waals surface area contributed by atoms with Crippen molar-refractivity contribution in [3.05, 3.63) is 29.9 Å². The maximum absolute atomic E-state index is 5.59. The first kappa shape index (κ1) is 12.0. The van der Waals surface area contributed by atoms with Gasteiger partial charge in [0.1, 0.15) is 24.7 Å². The van der Waals surface area contributed by atoms with Crippen LogP contribution in [-0.4, -0.2) is 24.7 Å². The van der Waals surface area contributed by atoms with Crippen LogP contribution in [0, 0.1) is 6.92 Å². The number of aromatic nitrogens is 1. The van der Waals surface area contributed by atoms with Gasteiger partial charge in [0.2, 0.25) is 0 Å². The second-order valence-corrected chi connectivity index (χ2v) is 4.41. The van der Waals surface area contributed by atoms with Gasteiger partial charge >= 0.3 is 0 Å². The summed E-state index contributed by atoms with van der Waals surface area (Å²) in [7, 11) is 0. The van der Waals surface area contributed by atoms with Crippen LogP contribution >= 0.6 is 0 Å². The molecule has 1 aromatic heterocycles. The number of hydrogen-bond acceptors (Lipinski definition) is 5. The van der Waals surface area contributed by atoms with Gasteiger partial charge in [-0.25, -0.2) is 4.98 Å². The quantitative estimate of drug-likeness (QED) is 0.913. The molecule has 0 unspecified atom stereocenters. The van der Waals surface area contributed by atoms with E-state index < -0.39 is 0 Å². The van der Waals surface area contributed by atoms with Crippen molar-refractivity contribution >= 4 is 0 Å². The van der Waals surface area contributed by atoms with Crippen molar-refractivity contribution in [2.24, 2.45) is 5.73 Å². The molecule has 100 valence electrons. The minimum atomic E-state index is 0.528. The zero-order valence-electron chi connectivity index (χ0n) is 10.8. The van der Waals surface area contributed by atoms with Crippen LogP contribution in [0.3, 0.4) is 0 Å². The Bertz CT molecular complexity index is 592. The first-order chi connectivity index (χ1) is 9.28. The summed E-state index contributed by atoms with van der Waals surface area (Å²) in [4.78, 5) is 4.48. The molecule has 2 heterocycles. The van der Waals surface area contributed by atoms with E-state index in [9.17, 15) is 0 Å². The monoisotopic (exact) mass is 260 g/mol. The van der Waals surface area contributed by atoms with Crippen LogP contribution in [0.25, 0.3) is 11.3 Å². The van der Waals surface area contributed by atoms with Gasteiger partial charge in [0.15, 0.2) is 17.4 Å². The standard InChI is InChI=1S/C14H16N2O3/c1-9-14(16-13(19-9)4-5-15)10-2-3-11-12(8-10)18-7-6-17-11/h2-3,8H,4-7,15H2,1H3. The number of ether oxygens (including phenoxy) is 2. The molecule has 1 aromatic carbocycles. The number of fused-ring (bicyclic) bond motifs is 1. The van der Waals surface area contributed by atoms with E-state index in [2.05, 4.69) is 4.98 Å². The van der Waals surface area contributed by atoms with Gasteiger partial charge in [-0.3, -0.25) is 0 Å². The van der Waals surface area contributed by atoms with E-state index in [0.29, 0.717) is 32.1 Å². The third-order valence-corrected chi connectivity index (χ3v) is 3.01. The Morgan fingerprint density at radius 1 is 1.21 bits per heavy atom. The van der Waals surface area contributed by atoms with Crippen molar-refractivity contribution in [1.29, 1.82) is 0 Å². The van der Waals surface area contributed by atoms with E-state index in [1.54, 1.807) is 0 Å². The fourth-order valence-corrected chi connectivity index (χ4v) is 2.14. The van der Waals surface area contributed by atoms with Crippen molar-refractivity contribution in [3.63, 3.8) is 0 Å². The molecule has 0 radical (unpaired) electrons. The van der Waals surface area contributed by atoms with E-state index in [1.165, 1.54) is 0 Å². The van der Waals surface area contributed by atoms with E-state index >= 15 is 0 Å². The fraction of sp³-hybridized carbons (Fsp3) is 0.357. The highest BCUT2D eigenvalue weighted by Gasteiger charge is 2.16. The van der Waals surface area contributed by atoms with Crippen molar-refractivity contribution in [2.75, 3.05) is 19.8 Å². The van der Waals surface area contributed by atoms with E-state index in [4.69, 9.17) is 19.6 Å².